The Morgan fingerprint density at radius 3 is 2.20 bits per heavy atom. The zero-order chi connectivity index (χ0) is 15.2. The van der Waals surface area contributed by atoms with Crippen molar-refractivity contribution in [3.05, 3.63) is 0 Å². The van der Waals surface area contributed by atoms with Crippen molar-refractivity contribution in [1.82, 2.24) is 10.6 Å². The fourth-order valence-corrected chi connectivity index (χ4v) is 4.18. The Labute approximate surface area is 127 Å². The molecular weight excluding hydrogens is 244 g/mol. The first-order valence-electron chi connectivity index (χ1n) is 8.77. The Morgan fingerprint density at radius 1 is 1.05 bits per heavy atom. The van der Waals surface area contributed by atoms with Crippen LogP contribution in [-0.2, 0) is 0 Å². The van der Waals surface area contributed by atoms with E-state index in [-0.39, 0.29) is 11.1 Å². The van der Waals surface area contributed by atoms with Gasteiger partial charge in [0.25, 0.3) is 0 Å². The summed E-state index contributed by atoms with van der Waals surface area (Å²) in [5, 5.41) is 7.50. The SMILES string of the molecule is CCCCCCNC(C)CC1CC(C)(C)NC(C)(C)C1. The van der Waals surface area contributed by atoms with Crippen molar-refractivity contribution < 1.29 is 0 Å². The van der Waals surface area contributed by atoms with E-state index in [9.17, 15) is 0 Å². The minimum atomic E-state index is 0.285. The molecule has 0 radical (unpaired) electrons. The summed E-state index contributed by atoms with van der Waals surface area (Å²) in [7, 11) is 0. The van der Waals surface area contributed by atoms with E-state index >= 15 is 0 Å². The first kappa shape index (κ1) is 18.0. The quantitative estimate of drug-likeness (QED) is 0.641. The van der Waals surface area contributed by atoms with Gasteiger partial charge in [-0.2, -0.15) is 0 Å². The Morgan fingerprint density at radius 2 is 1.65 bits per heavy atom. The second-order valence-corrected chi connectivity index (χ2v) is 8.32. The highest BCUT2D eigenvalue weighted by atomic mass is 15.0. The van der Waals surface area contributed by atoms with Crippen LogP contribution in [0.2, 0.25) is 0 Å². The van der Waals surface area contributed by atoms with Crippen LogP contribution >= 0.6 is 0 Å². The highest BCUT2D eigenvalue weighted by Crippen LogP contribution is 2.35. The molecule has 1 atom stereocenters. The number of rotatable bonds is 8. The molecule has 0 aromatic heterocycles. The normalized spacial score (nSPS) is 23.7. The lowest BCUT2D eigenvalue weighted by Crippen LogP contribution is -2.58. The van der Waals surface area contributed by atoms with E-state index in [4.69, 9.17) is 0 Å². The molecule has 0 aromatic carbocycles. The lowest BCUT2D eigenvalue weighted by molar-refractivity contribution is 0.118. The fourth-order valence-electron chi connectivity index (χ4n) is 4.18. The van der Waals surface area contributed by atoms with Gasteiger partial charge in [0.2, 0.25) is 0 Å². The lowest BCUT2D eigenvalue weighted by atomic mass is 9.74. The van der Waals surface area contributed by atoms with Crippen molar-refractivity contribution in [2.45, 2.75) is 104 Å². The zero-order valence-electron chi connectivity index (χ0n) is 14.8. The van der Waals surface area contributed by atoms with Crippen molar-refractivity contribution in [3.8, 4) is 0 Å². The molecule has 1 unspecified atom stereocenters. The molecule has 0 bridgehead atoms. The van der Waals surface area contributed by atoms with E-state index in [2.05, 4.69) is 52.2 Å². The molecule has 1 fully saturated rings. The van der Waals surface area contributed by atoms with Crippen LogP contribution in [0.1, 0.15) is 86.5 Å². The van der Waals surface area contributed by atoms with Crippen molar-refractivity contribution in [2.75, 3.05) is 6.54 Å². The van der Waals surface area contributed by atoms with Crippen LogP contribution in [0.15, 0.2) is 0 Å². The summed E-state index contributed by atoms with van der Waals surface area (Å²) >= 11 is 0. The third-order valence-corrected chi connectivity index (χ3v) is 4.48. The molecule has 20 heavy (non-hydrogen) atoms. The maximum absolute atomic E-state index is 3.78. The summed E-state index contributed by atoms with van der Waals surface area (Å²) < 4.78 is 0. The van der Waals surface area contributed by atoms with Gasteiger partial charge >= 0.3 is 0 Å². The van der Waals surface area contributed by atoms with E-state index < -0.39 is 0 Å². The largest absolute Gasteiger partial charge is 0.314 e. The number of unbranched alkanes of at least 4 members (excludes halogenated alkanes) is 3. The molecule has 120 valence electrons. The molecule has 1 rings (SSSR count). The van der Waals surface area contributed by atoms with E-state index in [0.717, 1.165) is 5.92 Å². The maximum atomic E-state index is 3.78. The average Bonchev–Trinajstić information content (AvgIpc) is 2.24. The summed E-state index contributed by atoms with van der Waals surface area (Å²) in [5.41, 5.74) is 0.570. The van der Waals surface area contributed by atoms with E-state index in [1.165, 1.54) is 51.5 Å². The summed E-state index contributed by atoms with van der Waals surface area (Å²) in [6.07, 6.45) is 9.35. The van der Waals surface area contributed by atoms with Crippen LogP contribution in [-0.4, -0.2) is 23.7 Å². The van der Waals surface area contributed by atoms with Gasteiger partial charge in [-0.05, 0) is 72.8 Å². The van der Waals surface area contributed by atoms with Gasteiger partial charge < -0.3 is 10.6 Å². The smallest absolute Gasteiger partial charge is 0.0132 e. The Hall–Kier alpha value is -0.0800. The Bertz CT molecular complexity index is 255. The topological polar surface area (TPSA) is 24.1 Å². The summed E-state index contributed by atoms with van der Waals surface area (Å²) in [6.45, 7) is 15.2. The van der Waals surface area contributed by atoms with Crippen molar-refractivity contribution in [1.29, 1.82) is 0 Å². The number of nitrogens with one attached hydrogen (secondary N) is 2. The molecule has 1 aliphatic rings. The molecule has 1 aliphatic heterocycles. The highest BCUT2D eigenvalue weighted by molar-refractivity contribution is 4.97. The first-order valence-corrected chi connectivity index (χ1v) is 8.77. The van der Waals surface area contributed by atoms with E-state index in [1.54, 1.807) is 0 Å². The van der Waals surface area contributed by atoms with Gasteiger partial charge in [0.15, 0.2) is 0 Å². The van der Waals surface area contributed by atoms with Crippen LogP contribution in [0.25, 0.3) is 0 Å². The molecule has 2 N–H and O–H groups in total. The lowest BCUT2D eigenvalue weighted by Gasteiger charge is -2.47. The Balaban J connectivity index is 2.28. The molecule has 0 saturated carbocycles. The Kier molecular flexibility index (Phi) is 7.00. The van der Waals surface area contributed by atoms with Crippen molar-refractivity contribution in [2.24, 2.45) is 5.92 Å². The van der Waals surface area contributed by atoms with Gasteiger partial charge in [-0.25, -0.2) is 0 Å². The standard InChI is InChI=1S/C18H38N2/c1-7-8-9-10-11-19-15(2)12-16-13-17(3,4)20-18(5,6)14-16/h15-16,19-20H,7-14H2,1-6H3. The monoisotopic (exact) mass is 282 g/mol. The summed E-state index contributed by atoms with van der Waals surface area (Å²) in [6, 6.07) is 0.659. The number of piperidine rings is 1. The highest BCUT2D eigenvalue weighted by Gasteiger charge is 2.37. The van der Waals surface area contributed by atoms with Gasteiger partial charge in [-0.1, -0.05) is 26.2 Å². The van der Waals surface area contributed by atoms with Gasteiger partial charge in [0.05, 0.1) is 0 Å². The van der Waals surface area contributed by atoms with Crippen LogP contribution in [0, 0.1) is 5.92 Å². The summed E-state index contributed by atoms with van der Waals surface area (Å²) in [4.78, 5) is 0. The number of hydrogen-bond acceptors (Lipinski definition) is 2. The predicted molar refractivity (Wildman–Crippen MR) is 90.2 cm³/mol. The molecule has 0 aromatic rings. The maximum Gasteiger partial charge on any atom is 0.0132 e. The minimum absolute atomic E-state index is 0.285. The van der Waals surface area contributed by atoms with Gasteiger partial charge in [-0.3, -0.25) is 0 Å². The predicted octanol–water partition coefficient (Wildman–Crippen LogP) is 4.49. The van der Waals surface area contributed by atoms with Crippen molar-refractivity contribution in [3.63, 3.8) is 0 Å². The first-order chi connectivity index (χ1) is 9.24. The third kappa shape index (κ3) is 7.08. The molecule has 1 heterocycles. The zero-order valence-corrected chi connectivity index (χ0v) is 14.8. The van der Waals surface area contributed by atoms with E-state index in [0.29, 0.717) is 6.04 Å². The molecule has 0 aliphatic carbocycles. The minimum Gasteiger partial charge on any atom is -0.314 e. The molecule has 2 heteroatoms. The molecule has 0 spiro atoms. The van der Waals surface area contributed by atoms with Crippen LogP contribution < -0.4 is 10.6 Å². The molecule has 1 saturated heterocycles. The fraction of sp³-hybridized carbons (Fsp3) is 1.00. The second kappa shape index (κ2) is 7.79. The van der Waals surface area contributed by atoms with Gasteiger partial charge in [0.1, 0.15) is 0 Å². The average molecular weight is 283 g/mol. The van der Waals surface area contributed by atoms with Crippen LogP contribution in [0.3, 0.4) is 0 Å². The van der Waals surface area contributed by atoms with Gasteiger partial charge in [-0.15, -0.1) is 0 Å². The molecule has 0 amide bonds. The van der Waals surface area contributed by atoms with Crippen molar-refractivity contribution >= 4 is 0 Å². The summed E-state index contributed by atoms with van der Waals surface area (Å²) in [5.74, 6) is 0.847. The molecule has 2 nitrogen and oxygen atoms in total. The van der Waals surface area contributed by atoms with Crippen LogP contribution in [0.5, 0.6) is 0 Å². The third-order valence-electron chi connectivity index (χ3n) is 4.48. The van der Waals surface area contributed by atoms with Gasteiger partial charge in [0, 0.05) is 17.1 Å². The second-order valence-electron chi connectivity index (χ2n) is 8.32. The number of hydrogen-bond donors (Lipinski definition) is 2. The van der Waals surface area contributed by atoms with Crippen LogP contribution in [0.4, 0.5) is 0 Å². The van der Waals surface area contributed by atoms with E-state index in [1.807, 2.05) is 0 Å². The molecular formula is C18H38N2.